The summed E-state index contributed by atoms with van der Waals surface area (Å²) in [5.41, 5.74) is 0. The number of halogens is 1. The molecule has 2 heterocycles. The monoisotopic (exact) mass is 291 g/mol. The fraction of sp³-hybridized carbons (Fsp3) is 0.778. The van der Waals surface area contributed by atoms with E-state index in [2.05, 4.69) is 31.0 Å². The predicted octanol–water partition coefficient (Wildman–Crippen LogP) is 2.31. The molecule has 84 valence electrons. The standard InChI is InChI=1S/C9H14BrN3OS/c1-14-6-7-4-2-3-5-13(7)9-12-11-8(10)15-9/h7H,2-6H2,1H3. The molecule has 1 aromatic rings. The summed E-state index contributed by atoms with van der Waals surface area (Å²) in [7, 11) is 1.75. The second kappa shape index (κ2) is 5.23. The molecule has 0 N–H and O–H groups in total. The Balaban J connectivity index is 2.10. The van der Waals surface area contributed by atoms with Gasteiger partial charge in [-0.3, -0.25) is 0 Å². The van der Waals surface area contributed by atoms with Crippen molar-refractivity contribution in [3.63, 3.8) is 0 Å². The Bertz CT molecular complexity index is 318. The summed E-state index contributed by atoms with van der Waals surface area (Å²) >= 11 is 4.93. The highest BCUT2D eigenvalue weighted by Gasteiger charge is 2.24. The summed E-state index contributed by atoms with van der Waals surface area (Å²) in [6, 6.07) is 0.462. The summed E-state index contributed by atoms with van der Waals surface area (Å²) in [6.45, 7) is 1.84. The normalized spacial score (nSPS) is 22.0. The maximum Gasteiger partial charge on any atom is 0.209 e. The van der Waals surface area contributed by atoms with Crippen LogP contribution in [0.5, 0.6) is 0 Å². The Morgan fingerprint density at radius 3 is 3.07 bits per heavy atom. The second-order valence-corrected chi connectivity index (χ2v) is 5.87. The van der Waals surface area contributed by atoms with Crippen LogP contribution in [0.3, 0.4) is 0 Å². The van der Waals surface area contributed by atoms with Crippen molar-refractivity contribution in [2.24, 2.45) is 0 Å². The van der Waals surface area contributed by atoms with Crippen molar-refractivity contribution in [1.29, 1.82) is 0 Å². The highest BCUT2D eigenvalue weighted by Crippen LogP contribution is 2.29. The molecule has 0 amide bonds. The Morgan fingerprint density at radius 1 is 1.53 bits per heavy atom. The molecule has 1 aliphatic rings. The van der Waals surface area contributed by atoms with Gasteiger partial charge in [0.15, 0.2) is 3.92 Å². The molecule has 1 aliphatic heterocycles. The Morgan fingerprint density at radius 2 is 2.40 bits per heavy atom. The molecule has 1 unspecified atom stereocenters. The molecule has 2 rings (SSSR count). The first-order chi connectivity index (χ1) is 7.31. The average molecular weight is 292 g/mol. The van der Waals surface area contributed by atoms with E-state index in [1.54, 1.807) is 18.4 Å². The molecule has 6 heteroatoms. The number of anilines is 1. The van der Waals surface area contributed by atoms with Crippen molar-refractivity contribution >= 4 is 32.4 Å². The van der Waals surface area contributed by atoms with Crippen molar-refractivity contribution < 1.29 is 4.74 Å². The van der Waals surface area contributed by atoms with E-state index in [0.717, 1.165) is 22.2 Å². The molecule has 0 aliphatic carbocycles. The van der Waals surface area contributed by atoms with Gasteiger partial charge in [-0.2, -0.15) is 0 Å². The van der Waals surface area contributed by atoms with Gasteiger partial charge in [-0.15, -0.1) is 10.2 Å². The zero-order chi connectivity index (χ0) is 10.7. The number of nitrogens with zero attached hydrogens (tertiary/aromatic N) is 3. The molecular formula is C9H14BrN3OS. The molecule has 0 saturated carbocycles. The first kappa shape index (κ1) is 11.3. The topological polar surface area (TPSA) is 38.2 Å². The van der Waals surface area contributed by atoms with Crippen LogP contribution in [0.25, 0.3) is 0 Å². The van der Waals surface area contributed by atoms with E-state index in [1.807, 2.05) is 0 Å². The first-order valence-electron chi connectivity index (χ1n) is 5.06. The van der Waals surface area contributed by atoms with Crippen molar-refractivity contribution in [2.45, 2.75) is 25.3 Å². The third-order valence-corrected chi connectivity index (χ3v) is 4.01. The average Bonchev–Trinajstić information content (AvgIpc) is 2.66. The van der Waals surface area contributed by atoms with E-state index in [1.165, 1.54) is 19.3 Å². The number of ether oxygens (including phenoxy) is 1. The van der Waals surface area contributed by atoms with Crippen molar-refractivity contribution in [1.82, 2.24) is 10.2 Å². The van der Waals surface area contributed by atoms with Crippen LogP contribution < -0.4 is 4.90 Å². The van der Waals surface area contributed by atoms with Crippen molar-refractivity contribution in [3.05, 3.63) is 3.92 Å². The maximum absolute atomic E-state index is 5.24. The Hall–Kier alpha value is -0.200. The third-order valence-electron chi connectivity index (χ3n) is 2.62. The molecule has 1 saturated heterocycles. The SMILES string of the molecule is COCC1CCCCN1c1nnc(Br)s1. The van der Waals surface area contributed by atoms with E-state index in [9.17, 15) is 0 Å². The quantitative estimate of drug-likeness (QED) is 0.857. The summed E-state index contributed by atoms with van der Waals surface area (Å²) < 4.78 is 6.09. The lowest BCUT2D eigenvalue weighted by Gasteiger charge is -2.34. The van der Waals surface area contributed by atoms with Gasteiger partial charge in [0, 0.05) is 13.7 Å². The van der Waals surface area contributed by atoms with Crippen molar-refractivity contribution in [3.8, 4) is 0 Å². The minimum atomic E-state index is 0.462. The van der Waals surface area contributed by atoms with Gasteiger partial charge in [0.2, 0.25) is 5.13 Å². The van der Waals surface area contributed by atoms with Gasteiger partial charge in [0.1, 0.15) is 0 Å². The highest BCUT2D eigenvalue weighted by molar-refractivity contribution is 9.11. The lowest BCUT2D eigenvalue weighted by atomic mass is 10.0. The van der Waals surface area contributed by atoms with Crippen LogP contribution in [0, 0.1) is 0 Å². The van der Waals surface area contributed by atoms with E-state index >= 15 is 0 Å². The van der Waals surface area contributed by atoms with Crippen molar-refractivity contribution in [2.75, 3.05) is 25.2 Å². The number of methoxy groups -OCH3 is 1. The molecule has 15 heavy (non-hydrogen) atoms. The van der Waals surface area contributed by atoms with Gasteiger partial charge in [-0.1, -0.05) is 11.3 Å². The molecule has 0 aromatic carbocycles. The first-order valence-corrected chi connectivity index (χ1v) is 6.67. The lowest BCUT2D eigenvalue weighted by Crippen LogP contribution is -2.42. The van der Waals surface area contributed by atoms with Gasteiger partial charge in [-0.05, 0) is 35.2 Å². The van der Waals surface area contributed by atoms with E-state index in [0.29, 0.717) is 6.04 Å². The highest BCUT2D eigenvalue weighted by atomic mass is 79.9. The smallest absolute Gasteiger partial charge is 0.209 e. The molecule has 1 fully saturated rings. The fourth-order valence-corrected chi connectivity index (χ4v) is 3.12. The number of hydrogen-bond acceptors (Lipinski definition) is 5. The number of piperidine rings is 1. The largest absolute Gasteiger partial charge is 0.383 e. The molecule has 1 atom stereocenters. The molecular weight excluding hydrogens is 278 g/mol. The third kappa shape index (κ3) is 2.68. The molecule has 1 aromatic heterocycles. The zero-order valence-electron chi connectivity index (χ0n) is 8.65. The van der Waals surface area contributed by atoms with Gasteiger partial charge < -0.3 is 9.64 Å². The molecule has 4 nitrogen and oxygen atoms in total. The number of hydrogen-bond donors (Lipinski definition) is 0. The Kier molecular flexibility index (Phi) is 3.93. The lowest BCUT2D eigenvalue weighted by molar-refractivity contribution is 0.166. The predicted molar refractivity (Wildman–Crippen MR) is 64.5 cm³/mol. The van der Waals surface area contributed by atoms with E-state index < -0.39 is 0 Å². The minimum absolute atomic E-state index is 0.462. The molecule has 0 bridgehead atoms. The Labute approximate surface area is 102 Å². The van der Waals surface area contributed by atoms with Gasteiger partial charge >= 0.3 is 0 Å². The summed E-state index contributed by atoms with van der Waals surface area (Å²) in [6.07, 6.45) is 3.70. The van der Waals surface area contributed by atoms with Crippen LogP contribution in [-0.4, -0.2) is 36.5 Å². The summed E-state index contributed by atoms with van der Waals surface area (Å²) in [5.74, 6) is 0. The van der Waals surface area contributed by atoms with Crippen LogP contribution in [0.15, 0.2) is 3.92 Å². The van der Waals surface area contributed by atoms with Crippen LogP contribution in [-0.2, 0) is 4.74 Å². The summed E-state index contributed by atoms with van der Waals surface area (Å²) in [4.78, 5) is 2.31. The zero-order valence-corrected chi connectivity index (χ0v) is 11.1. The second-order valence-electron chi connectivity index (χ2n) is 3.64. The maximum atomic E-state index is 5.24. The van der Waals surface area contributed by atoms with Gasteiger partial charge in [-0.25, -0.2) is 0 Å². The van der Waals surface area contributed by atoms with E-state index in [-0.39, 0.29) is 0 Å². The number of aromatic nitrogens is 2. The van der Waals surface area contributed by atoms with E-state index in [4.69, 9.17) is 4.74 Å². The minimum Gasteiger partial charge on any atom is -0.383 e. The molecule has 0 radical (unpaired) electrons. The summed E-state index contributed by atoms with van der Waals surface area (Å²) in [5, 5.41) is 9.16. The van der Waals surface area contributed by atoms with Crippen LogP contribution in [0.1, 0.15) is 19.3 Å². The fourth-order valence-electron chi connectivity index (χ4n) is 1.93. The van der Waals surface area contributed by atoms with Gasteiger partial charge in [0.05, 0.1) is 12.6 Å². The van der Waals surface area contributed by atoms with Gasteiger partial charge in [0.25, 0.3) is 0 Å². The van der Waals surface area contributed by atoms with Crippen LogP contribution in [0.4, 0.5) is 5.13 Å². The number of rotatable bonds is 3. The molecule has 0 spiro atoms. The van der Waals surface area contributed by atoms with Crippen LogP contribution in [0.2, 0.25) is 0 Å². The van der Waals surface area contributed by atoms with Crippen LogP contribution >= 0.6 is 27.3 Å².